The van der Waals surface area contributed by atoms with Gasteiger partial charge in [-0.2, -0.15) is 4.31 Å². The van der Waals surface area contributed by atoms with Crippen LogP contribution in [0.15, 0.2) is 35.4 Å². The first kappa shape index (κ1) is 19.0. The second-order valence-corrected chi connectivity index (χ2v) is 9.90. The Morgan fingerprint density at radius 2 is 1.92 bits per heavy atom. The minimum Gasteiger partial charge on any atom is -0.347 e. The number of hydrogen-bond acceptors (Lipinski definition) is 5. The lowest BCUT2D eigenvalue weighted by atomic mass is 10.0. The summed E-state index contributed by atoms with van der Waals surface area (Å²) in [6.07, 6.45) is 3.52. The van der Waals surface area contributed by atoms with E-state index in [-0.39, 0.29) is 10.8 Å². The molecule has 140 valence electrons. The van der Waals surface area contributed by atoms with E-state index in [2.05, 4.69) is 17.2 Å². The Hall–Kier alpha value is -1.77. The molecule has 0 atom stereocenters. The molecule has 3 rings (SSSR count). The molecule has 2 aromatic rings. The Balaban J connectivity index is 1.64. The van der Waals surface area contributed by atoms with E-state index in [0.717, 1.165) is 22.7 Å². The SMILES string of the molecule is Cc1ncc(CNC(=O)c2ccc(S(=O)(=O)N3CCC(C)CC3)cc2)s1. The van der Waals surface area contributed by atoms with Crippen LogP contribution in [0.1, 0.15) is 40.0 Å². The third-order valence-electron chi connectivity index (χ3n) is 4.59. The van der Waals surface area contributed by atoms with Gasteiger partial charge in [0.05, 0.1) is 16.4 Å². The molecule has 0 spiro atoms. The van der Waals surface area contributed by atoms with Gasteiger partial charge in [-0.15, -0.1) is 11.3 Å². The third-order valence-corrected chi connectivity index (χ3v) is 7.41. The van der Waals surface area contributed by atoms with Gasteiger partial charge in [-0.3, -0.25) is 4.79 Å². The summed E-state index contributed by atoms with van der Waals surface area (Å²) < 4.78 is 27.0. The van der Waals surface area contributed by atoms with Crippen molar-refractivity contribution in [1.82, 2.24) is 14.6 Å². The van der Waals surface area contributed by atoms with Gasteiger partial charge in [-0.25, -0.2) is 13.4 Å². The summed E-state index contributed by atoms with van der Waals surface area (Å²) >= 11 is 1.54. The molecule has 1 N–H and O–H groups in total. The zero-order valence-corrected chi connectivity index (χ0v) is 16.6. The van der Waals surface area contributed by atoms with Gasteiger partial charge in [0.15, 0.2) is 0 Å². The van der Waals surface area contributed by atoms with Gasteiger partial charge in [0, 0.05) is 29.7 Å². The van der Waals surface area contributed by atoms with Gasteiger partial charge in [0.25, 0.3) is 5.91 Å². The fourth-order valence-electron chi connectivity index (χ4n) is 2.91. The number of aryl methyl sites for hydroxylation is 1. The standard InChI is InChI=1S/C18H23N3O3S2/c1-13-7-9-21(10-8-13)26(23,24)17-5-3-15(4-6-17)18(22)20-12-16-11-19-14(2)25-16/h3-6,11,13H,7-10,12H2,1-2H3,(H,20,22). The molecule has 2 heterocycles. The maximum Gasteiger partial charge on any atom is 0.251 e. The molecular weight excluding hydrogens is 370 g/mol. The molecule has 0 unspecified atom stereocenters. The Morgan fingerprint density at radius 3 is 2.50 bits per heavy atom. The summed E-state index contributed by atoms with van der Waals surface area (Å²) in [5.41, 5.74) is 0.442. The van der Waals surface area contributed by atoms with Crippen LogP contribution in [0.2, 0.25) is 0 Å². The van der Waals surface area contributed by atoms with E-state index < -0.39 is 10.0 Å². The number of amides is 1. The predicted octanol–water partition coefficient (Wildman–Crippen LogP) is 2.80. The summed E-state index contributed by atoms with van der Waals surface area (Å²) in [6, 6.07) is 6.15. The van der Waals surface area contributed by atoms with E-state index >= 15 is 0 Å². The molecule has 0 bridgehead atoms. The number of thiazole rings is 1. The molecule has 8 heteroatoms. The number of carbonyl (C=O) groups is 1. The van der Waals surface area contributed by atoms with E-state index in [1.165, 1.54) is 27.8 Å². The van der Waals surface area contributed by atoms with E-state index in [0.29, 0.717) is 31.1 Å². The van der Waals surface area contributed by atoms with Crippen LogP contribution in [0.25, 0.3) is 0 Å². The number of rotatable bonds is 5. The van der Waals surface area contributed by atoms with Crippen molar-refractivity contribution in [3.63, 3.8) is 0 Å². The lowest BCUT2D eigenvalue weighted by Crippen LogP contribution is -2.37. The average molecular weight is 394 g/mol. The Kier molecular flexibility index (Phi) is 5.74. The van der Waals surface area contributed by atoms with Gasteiger partial charge in [-0.1, -0.05) is 6.92 Å². The molecule has 0 saturated carbocycles. The number of carbonyl (C=O) groups excluding carboxylic acids is 1. The summed E-state index contributed by atoms with van der Waals surface area (Å²) in [6.45, 7) is 5.58. The highest BCUT2D eigenvalue weighted by Gasteiger charge is 2.28. The fourth-order valence-corrected chi connectivity index (χ4v) is 5.11. The first-order chi connectivity index (χ1) is 12.4. The minimum atomic E-state index is -3.49. The second-order valence-electron chi connectivity index (χ2n) is 6.64. The first-order valence-electron chi connectivity index (χ1n) is 8.66. The number of aromatic nitrogens is 1. The number of nitrogens with zero attached hydrogens (tertiary/aromatic N) is 2. The monoisotopic (exact) mass is 393 g/mol. The molecule has 1 saturated heterocycles. The van der Waals surface area contributed by atoms with Crippen LogP contribution in [0.3, 0.4) is 0 Å². The zero-order valence-electron chi connectivity index (χ0n) is 14.9. The predicted molar refractivity (Wildman–Crippen MR) is 102 cm³/mol. The van der Waals surface area contributed by atoms with E-state index in [1.54, 1.807) is 18.3 Å². The number of nitrogens with one attached hydrogen (secondary N) is 1. The van der Waals surface area contributed by atoms with Gasteiger partial charge >= 0.3 is 0 Å². The van der Waals surface area contributed by atoms with E-state index in [4.69, 9.17) is 0 Å². The van der Waals surface area contributed by atoms with Gasteiger partial charge in [0.1, 0.15) is 0 Å². The molecule has 6 nitrogen and oxygen atoms in total. The van der Waals surface area contributed by atoms with Crippen molar-refractivity contribution in [3.8, 4) is 0 Å². The van der Waals surface area contributed by atoms with Crippen LogP contribution in [0.4, 0.5) is 0 Å². The molecule has 1 aromatic heterocycles. The van der Waals surface area contributed by atoms with Crippen LogP contribution in [-0.4, -0.2) is 36.7 Å². The van der Waals surface area contributed by atoms with Gasteiger partial charge in [0.2, 0.25) is 10.0 Å². The maximum absolute atomic E-state index is 12.7. The van der Waals surface area contributed by atoms with Crippen LogP contribution >= 0.6 is 11.3 Å². The first-order valence-corrected chi connectivity index (χ1v) is 10.9. The van der Waals surface area contributed by atoms with E-state index in [9.17, 15) is 13.2 Å². The van der Waals surface area contributed by atoms with Crippen LogP contribution < -0.4 is 5.32 Å². The van der Waals surface area contributed by atoms with Crippen molar-refractivity contribution in [2.24, 2.45) is 5.92 Å². The highest BCUT2D eigenvalue weighted by molar-refractivity contribution is 7.89. The van der Waals surface area contributed by atoms with Crippen LogP contribution in [0.5, 0.6) is 0 Å². The lowest BCUT2D eigenvalue weighted by Gasteiger charge is -2.29. The smallest absolute Gasteiger partial charge is 0.251 e. The molecule has 0 aliphatic carbocycles. The van der Waals surface area contributed by atoms with Crippen molar-refractivity contribution in [1.29, 1.82) is 0 Å². The summed E-state index contributed by atoms with van der Waals surface area (Å²) in [4.78, 5) is 17.6. The van der Waals surface area contributed by atoms with Crippen molar-refractivity contribution >= 4 is 27.3 Å². The summed E-state index contributed by atoms with van der Waals surface area (Å²) in [7, 11) is -3.49. The number of benzene rings is 1. The fraction of sp³-hybridized carbons (Fsp3) is 0.444. The van der Waals surface area contributed by atoms with Crippen LogP contribution in [0, 0.1) is 12.8 Å². The Morgan fingerprint density at radius 1 is 1.27 bits per heavy atom. The topological polar surface area (TPSA) is 79.4 Å². The lowest BCUT2D eigenvalue weighted by molar-refractivity contribution is 0.0951. The molecular formula is C18H23N3O3S2. The number of piperidine rings is 1. The Bertz CT molecular complexity index is 867. The third kappa shape index (κ3) is 4.31. The highest BCUT2D eigenvalue weighted by Crippen LogP contribution is 2.23. The zero-order chi connectivity index (χ0) is 18.7. The quantitative estimate of drug-likeness (QED) is 0.847. The molecule has 1 amide bonds. The van der Waals surface area contributed by atoms with Crippen molar-refractivity contribution in [3.05, 3.63) is 45.9 Å². The molecule has 1 aliphatic heterocycles. The molecule has 1 aromatic carbocycles. The average Bonchev–Trinajstić information content (AvgIpc) is 3.05. The summed E-state index contributed by atoms with van der Waals surface area (Å²) in [5.74, 6) is 0.335. The normalized spacial score (nSPS) is 16.5. The van der Waals surface area contributed by atoms with Crippen LogP contribution in [-0.2, 0) is 16.6 Å². The molecule has 26 heavy (non-hydrogen) atoms. The van der Waals surface area contributed by atoms with Crippen molar-refractivity contribution < 1.29 is 13.2 Å². The second kappa shape index (κ2) is 7.85. The number of hydrogen-bond donors (Lipinski definition) is 1. The summed E-state index contributed by atoms with van der Waals surface area (Å²) in [5, 5.41) is 3.78. The molecule has 1 fully saturated rings. The minimum absolute atomic E-state index is 0.230. The highest BCUT2D eigenvalue weighted by atomic mass is 32.2. The molecule has 0 radical (unpaired) electrons. The van der Waals surface area contributed by atoms with Crippen molar-refractivity contribution in [2.75, 3.05) is 13.1 Å². The maximum atomic E-state index is 12.7. The van der Waals surface area contributed by atoms with Gasteiger partial charge in [-0.05, 0) is 49.9 Å². The largest absolute Gasteiger partial charge is 0.347 e. The Labute approximate surface area is 158 Å². The number of sulfonamides is 1. The van der Waals surface area contributed by atoms with Gasteiger partial charge < -0.3 is 5.32 Å². The molecule has 1 aliphatic rings. The van der Waals surface area contributed by atoms with E-state index in [1.807, 2.05) is 6.92 Å². The van der Waals surface area contributed by atoms with Crippen molar-refractivity contribution in [2.45, 2.75) is 38.1 Å².